The highest BCUT2D eigenvalue weighted by molar-refractivity contribution is 5.21. The van der Waals surface area contributed by atoms with Crippen LogP contribution < -0.4 is 5.32 Å². The van der Waals surface area contributed by atoms with Gasteiger partial charge in [0.25, 0.3) is 0 Å². The van der Waals surface area contributed by atoms with Crippen molar-refractivity contribution in [2.45, 2.75) is 31.8 Å². The van der Waals surface area contributed by atoms with Crippen LogP contribution >= 0.6 is 0 Å². The minimum atomic E-state index is -0.256. The molecule has 1 aromatic carbocycles. The van der Waals surface area contributed by atoms with Crippen LogP contribution in [0.2, 0.25) is 0 Å². The summed E-state index contributed by atoms with van der Waals surface area (Å²) in [6, 6.07) is 6.84. The Morgan fingerprint density at radius 1 is 1.37 bits per heavy atom. The van der Waals surface area contributed by atoms with Gasteiger partial charge in [-0.25, -0.2) is 4.39 Å². The number of benzene rings is 1. The van der Waals surface area contributed by atoms with Gasteiger partial charge in [-0.2, -0.15) is 0 Å². The van der Waals surface area contributed by atoms with Crippen LogP contribution in [-0.4, -0.2) is 42.8 Å². The number of hydrogen-bond acceptors (Lipinski definition) is 3. The number of nitrogens with one attached hydrogen (secondary N) is 1. The molecule has 0 spiro atoms. The van der Waals surface area contributed by atoms with Crippen molar-refractivity contribution in [1.29, 1.82) is 0 Å². The van der Waals surface area contributed by atoms with Gasteiger partial charge in [0.15, 0.2) is 0 Å². The van der Waals surface area contributed by atoms with Crippen molar-refractivity contribution in [3.05, 3.63) is 35.6 Å². The molecule has 0 aliphatic heterocycles. The predicted molar refractivity (Wildman–Crippen MR) is 76.6 cm³/mol. The molecule has 1 rings (SSSR count). The molecule has 0 aliphatic carbocycles. The highest BCUT2D eigenvalue weighted by Gasteiger charge is 2.23. The molecule has 0 saturated carbocycles. The Kier molecular flexibility index (Phi) is 5.91. The summed E-state index contributed by atoms with van der Waals surface area (Å²) in [5.74, 6) is -0.175. The molecule has 0 aromatic heterocycles. The third-order valence-electron chi connectivity index (χ3n) is 3.80. The normalized spacial score (nSPS) is 13.8. The van der Waals surface area contributed by atoms with Crippen LogP contribution in [0, 0.1) is 5.82 Å². The van der Waals surface area contributed by atoms with Crippen molar-refractivity contribution in [2.75, 3.05) is 27.2 Å². The summed E-state index contributed by atoms with van der Waals surface area (Å²) in [5.41, 5.74) is 0.438. The van der Waals surface area contributed by atoms with E-state index in [4.69, 9.17) is 0 Å². The quantitative estimate of drug-likeness (QED) is 0.795. The maximum atomic E-state index is 13.8. The molecule has 108 valence electrons. The Hall–Kier alpha value is -0.970. The summed E-state index contributed by atoms with van der Waals surface area (Å²) in [6.07, 6.45) is 0.789. The van der Waals surface area contributed by atoms with E-state index in [1.807, 2.05) is 40.1 Å². The Morgan fingerprint density at radius 3 is 2.53 bits per heavy atom. The molecule has 1 atom stereocenters. The van der Waals surface area contributed by atoms with E-state index in [1.54, 1.807) is 6.07 Å². The van der Waals surface area contributed by atoms with Crippen LogP contribution in [0.1, 0.15) is 31.9 Å². The molecule has 0 amide bonds. The van der Waals surface area contributed by atoms with Crippen molar-refractivity contribution in [2.24, 2.45) is 0 Å². The molecule has 4 heteroatoms. The first-order valence-electron chi connectivity index (χ1n) is 6.66. The summed E-state index contributed by atoms with van der Waals surface area (Å²) in [6.45, 7) is 4.87. The first-order valence-corrected chi connectivity index (χ1v) is 6.66. The van der Waals surface area contributed by atoms with Crippen molar-refractivity contribution in [1.82, 2.24) is 10.2 Å². The largest absolute Gasteiger partial charge is 0.394 e. The number of aliphatic hydroxyl groups excluding tert-OH is 1. The van der Waals surface area contributed by atoms with E-state index in [0.717, 1.165) is 13.0 Å². The molecule has 0 bridgehead atoms. The fourth-order valence-electron chi connectivity index (χ4n) is 1.96. The average molecular weight is 268 g/mol. The van der Waals surface area contributed by atoms with E-state index in [1.165, 1.54) is 6.07 Å². The lowest BCUT2D eigenvalue weighted by Gasteiger charge is -2.34. The topological polar surface area (TPSA) is 35.5 Å². The highest BCUT2D eigenvalue weighted by Crippen LogP contribution is 2.21. The summed E-state index contributed by atoms with van der Waals surface area (Å²) in [7, 11) is 3.82. The molecule has 2 N–H and O–H groups in total. The predicted octanol–water partition coefficient (Wildman–Crippen LogP) is 2.18. The third-order valence-corrected chi connectivity index (χ3v) is 3.80. The molecule has 0 saturated heterocycles. The van der Waals surface area contributed by atoms with Gasteiger partial charge in [-0.3, -0.25) is 4.90 Å². The van der Waals surface area contributed by atoms with Crippen LogP contribution in [-0.2, 0) is 0 Å². The number of rotatable bonds is 7. The zero-order valence-corrected chi connectivity index (χ0v) is 12.3. The van der Waals surface area contributed by atoms with Gasteiger partial charge in [-0.15, -0.1) is 0 Å². The van der Waals surface area contributed by atoms with E-state index in [9.17, 15) is 9.50 Å². The molecule has 0 aliphatic rings. The minimum absolute atomic E-state index is 0.0156. The van der Waals surface area contributed by atoms with E-state index in [0.29, 0.717) is 5.56 Å². The number of halogens is 1. The second-order valence-corrected chi connectivity index (χ2v) is 5.54. The van der Waals surface area contributed by atoms with Gasteiger partial charge in [0.2, 0.25) is 0 Å². The Morgan fingerprint density at radius 2 is 2.00 bits per heavy atom. The summed E-state index contributed by atoms with van der Waals surface area (Å²) in [5, 5.41) is 12.5. The SMILES string of the molecule is CNC(CCN(C)C(C)(C)CO)c1ccccc1F. The van der Waals surface area contributed by atoms with E-state index >= 15 is 0 Å². The fraction of sp³-hybridized carbons (Fsp3) is 0.600. The minimum Gasteiger partial charge on any atom is -0.394 e. The monoisotopic (exact) mass is 268 g/mol. The second-order valence-electron chi connectivity index (χ2n) is 5.54. The Bertz CT molecular complexity index is 395. The fourth-order valence-corrected chi connectivity index (χ4v) is 1.96. The molecule has 0 fully saturated rings. The van der Waals surface area contributed by atoms with E-state index in [-0.39, 0.29) is 24.0 Å². The number of hydrogen-bond donors (Lipinski definition) is 2. The van der Waals surface area contributed by atoms with Crippen LogP contribution in [0.15, 0.2) is 24.3 Å². The third kappa shape index (κ3) is 4.27. The van der Waals surface area contributed by atoms with Gasteiger partial charge in [-0.05, 0) is 40.4 Å². The lowest BCUT2D eigenvalue weighted by molar-refractivity contribution is 0.0759. The molecule has 1 aromatic rings. The highest BCUT2D eigenvalue weighted by atomic mass is 19.1. The number of likely N-dealkylation sites (N-methyl/N-ethyl adjacent to an activating group) is 1. The molecule has 19 heavy (non-hydrogen) atoms. The van der Waals surface area contributed by atoms with Crippen LogP contribution in [0.4, 0.5) is 4.39 Å². The first-order chi connectivity index (χ1) is 8.92. The van der Waals surface area contributed by atoms with E-state index < -0.39 is 0 Å². The standard InChI is InChI=1S/C15H25FN2O/c1-15(2,11-19)18(4)10-9-14(17-3)12-7-5-6-8-13(12)16/h5-8,14,17,19H,9-11H2,1-4H3. The van der Waals surface area contributed by atoms with Gasteiger partial charge in [0.1, 0.15) is 5.82 Å². The van der Waals surface area contributed by atoms with Gasteiger partial charge < -0.3 is 10.4 Å². The van der Waals surface area contributed by atoms with Crippen molar-refractivity contribution >= 4 is 0 Å². The van der Waals surface area contributed by atoms with E-state index in [2.05, 4.69) is 10.2 Å². The van der Waals surface area contributed by atoms with Gasteiger partial charge >= 0.3 is 0 Å². The Labute approximate surface area is 115 Å². The smallest absolute Gasteiger partial charge is 0.127 e. The molecule has 0 heterocycles. The van der Waals surface area contributed by atoms with Gasteiger partial charge in [0.05, 0.1) is 6.61 Å². The average Bonchev–Trinajstić information content (AvgIpc) is 2.40. The van der Waals surface area contributed by atoms with Crippen molar-refractivity contribution in [3.63, 3.8) is 0 Å². The van der Waals surface area contributed by atoms with Gasteiger partial charge in [0, 0.05) is 23.7 Å². The van der Waals surface area contributed by atoms with Crippen molar-refractivity contribution in [3.8, 4) is 0 Å². The maximum absolute atomic E-state index is 13.8. The zero-order valence-electron chi connectivity index (χ0n) is 12.3. The lowest BCUT2D eigenvalue weighted by Crippen LogP contribution is -2.45. The molecule has 3 nitrogen and oxygen atoms in total. The van der Waals surface area contributed by atoms with Gasteiger partial charge in [-0.1, -0.05) is 18.2 Å². The zero-order chi connectivity index (χ0) is 14.5. The molecular formula is C15H25FN2O. The van der Waals surface area contributed by atoms with Crippen LogP contribution in [0.3, 0.4) is 0 Å². The maximum Gasteiger partial charge on any atom is 0.127 e. The number of nitrogens with zero attached hydrogens (tertiary/aromatic N) is 1. The lowest BCUT2D eigenvalue weighted by atomic mass is 10.0. The Balaban J connectivity index is 2.67. The molecule has 0 radical (unpaired) electrons. The second kappa shape index (κ2) is 6.98. The molecular weight excluding hydrogens is 243 g/mol. The summed E-state index contributed by atoms with van der Waals surface area (Å²) in [4.78, 5) is 2.10. The van der Waals surface area contributed by atoms with Crippen LogP contribution in [0.5, 0.6) is 0 Å². The molecule has 1 unspecified atom stereocenters. The first kappa shape index (κ1) is 16.1. The summed E-state index contributed by atoms with van der Waals surface area (Å²) < 4.78 is 13.8. The summed E-state index contributed by atoms with van der Waals surface area (Å²) >= 11 is 0. The van der Waals surface area contributed by atoms with Crippen LogP contribution in [0.25, 0.3) is 0 Å². The number of aliphatic hydroxyl groups is 1. The van der Waals surface area contributed by atoms with Crippen molar-refractivity contribution < 1.29 is 9.50 Å².